The van der Waals surface area contributed by atoms with Crippen LogP contribution in [0.15, 0.2) is 10.5 Å². The van der Waals surface area contributed by atoms with Crippen LogP contribution in [-0.4, -0.2) is 0 Å². The molecule has 0 unspecified atom stereocenters. The smallest absolute Gasteiger partial charge is 0.281 e. The Kier molecular flexibility index (Phi) is 3.29. The molecule has 1 nitrogen and oxygen atoms in total. The molecule has 0 saturated heterocycles. The normalized spacial score (nSPS) is 12.1. The van der Waals surface area contributed by atoms with Crippen LogP contribution in [0.2, 0.25) is 0 Å². The van der Waals surface area contributed by atoms with Crippen LogP contribution in [0.25, 0.3) is 0 Å². The van der Waals surface area contributed by atoms with E-state index in [1.807, 2.05) is 13.8 Å². The molecule has 0 saturated carbocycles. The van der Waals surface area contributed by atoms with Crippen LogP contribution in [0.4, 0.5) is 8.78 Å². The Labute approximate surface area is 83.1 Å². The van der Waals surface area contributed by atoms with Crippen LogP contribution >= 0.6 is 0 Å². The second-order valence-electron chi connectivity index (χ2n) is 4.22. The van der Waals surface area contributed by atoms with Crippen LogP contribution < -0.4 is 0 Å². The van der Waals surface area contributed by atoms with E-state index in [0.717, 1.165) is 25.3 Å². The Morgan fingerprint density at radius 1 is 1.36 bits per heavy atom. The summed E-state index contributed by atoms with van der Waals surface area (Å²) in [4.78, 5) is 0. The quantitative estimate of drug-likeness (QED) is 0.718. The molecule has 1 heterocycles. The van der Waals surface area contributed by atoms with Gasteiger partial charge in [0, 0.05) is 5.41 Å². The molecule has 0 amide bonds. The average molecular weight is 202 g/mol. The van der Waals surface area contributed by atoms with Crippen LogP contribution in [0, 0.1) is 11.8 Å². The summed E-state index contributed by atoms with van der Waals surface area (Å²) in [6.07, 6.45) is 2.82. The highest BCUT2D eigenvalue weighted by atomic mass is 19.1. The van der Waals surface area contributed by atoms with Crippen molar-refractivity contribution in [3.05, 3.63) is 23.7 Å². The summed E-state index contributed by atoms with van der Waals surface area (Å²) in [6.45, 7) is 5.79. The van der Waals surface area contributed by atoms with Gasteiger partial charge in [-0.3, -0.25) is 0 Å². The highest BCUT2D eigenvalue weighted by molar-refractivity contribution is 5.14. The maximum Gasteiger partial charge on any atom is 0.281 e. The first-order chi connectivity index (χ1) is 6.47. The van der Waals surface area contributed by atoms with Crippen molar-refractivity contribution in [1.82, 2.24) is 0 Å². The lowest BCUT2D eigenvalue weighted by atomic mass is 9.84. The van der Waals surface area contributed by atoms with Crippen LogP contribution in [-0.2, 0) is 5.41 Å². The topological polar surface area (TPSA) is 13.1 Å². The molecule has 1 rings (SSSR count). The summed E-state index contributed by atoms with van der Waals surface area (Å²) in [5.74, 6) is -0.452. The Balaban J connectivity index is 2.85. The fraction of sp³-hybridized carbons (Fsp3) is 0.636. The van der Waals surface area contributed by atoms with Crippen LogP contribution in [0.1, 0.15) is 45.8 Å². The molecule has 0 aliphatic rings. The first-order valence-corrected chi connectivity index (χ1v) is 4.92. The molecule has 1 aromatic heterocycles. The third kappa shape index (κ3) is 2.34. The van der Waals surface area contributed by atoms with Gasteiger partial charge in [0.15, 0.2) is 5.82 Å². The number of rotatable bonds is 4. The Morgan fingerprint density at radius 3 is 2.43 bits per heavy atom. The zero-order chi connectivity index (χ0) is 10.8. The molecule has 0 aliphatic heterocycles. The van der Waals surface area contributed by atoms with Gasteiger partial charge in [0.05, 0.1) is 6.07 Å². The molecule has 0 bridgehead atoms. The number of hydrogen-bond donors (Lipinski definition) is 0. The third-order valence-electron chi connectivity index (χ3n) is 2.43. The summed E-state index contributed by atoms with van der Waals surface area (Å²) >= 11 is 0. The molecular weight excluding hydrogens is 186 g/mol. The van der Waals surface area contributed by atoms with Crippen molar-refractivity contribution >= 4 is 0 Å². The van der Waals surface area contributed by atoms with Gasteiger partial charge in [-0.05, 0) is 6.42 Å². The number of halogens is 2. The number of unbranched alkanes of at least 4 members (excludes halogenated alkanes) is 1. The van der Waals surface area contributed by atoms with Gasteiger partial charge in [-0.25, -0.2) is 4.39 Å². The highest BCUT2D eigenvalue weighted by Gasteiger charge is 2.28. The number of hydrogen-bond acceptors (Lipinski definition) is 1. The van der Waals surface area contributed by atoms with Crippen molar-refractivity contribution in [3.63, 3.8) is 0 Å². The SMILES string of the molecule is CCCCC(C)(C)c1oc(F)cc1F. The fourth-order valence-corrected chi connectivity index (χ4v) is 1.53. The lowest BCUT2D eigenvalue weighted by Gasteiger charge is -2.21. The molecule has 0 aromatic carbocycles. The summed E-state index contributed by atoms with van der Waals surface area (Å²) in [7, 11) is 0. The predicted octanol–water partition coefficient (Wildman–Crippen LogP) is 4.03. The predicted molar refractivity (Wildman–Crippen MR) is 51.2 cm³/mol. The zero-order valence-corrected chi connectivity index (χ0v) is 8.86. The van der Waals surface area contributed by atoms with Crippen molar-refractivity contribution in [1.29, 1.82) is 0 Å². The van der Waals surface area contributed by atoms with Crippen LogP contribution in [0.3, 0.4) is 0 Å². The maximum absolute atomic E-state index is 13.2. The maximum atomic E-state index is 13.2. The molecule has 3 heteroatoms. The zero-order valence-electron chi connectivity index (χ0n) is 8.86. The first kappa shape index (κ1) is 11.2. The van der Waals surface area contributed by atoms with Gasteiger partial charge in [-0.2, -0.15) is 4.39 Å². The minimum Gasteiger partial charge on any atom is -0.432 e. The summed E-state index contributed by atoms with van der Waals surface area (Å²) < 4.78 is 30.6. The minimum absolute atomic E-state index is 0.128. The molecule has 14 heavy (non-hydrogen) atoms. The van der Waals surface area contributed by atoms with Gasteiger partial charge in [0.1, 0.15) is 5.76 Å². The standard InChI is InChI=1S/C11H16F2O/c1-4-5-6-11(2,3)10-8(12)7-9(13)14-10/h7H,4-6H2,1-3H3. The molecule has 0 fully saturated rings. The van der Waals surface area contributed by atoms with Crippen LogP contribution in [0.5, 0.6) is 0 Å². The van der Waals surface area contributed by atoms with E-state index in [0.29, 0.717) is 0 Å². The second kappa shape index (κ2) is 4.11. The molecule has 80 valence electrons. The molecular formula is C11H16F2O. The minimum atomic E-state index is -0.845. The average Bonchev–Trinajstić information content (AvgIpc) is 2.42. The fourth-order valence-electron chi connectivity index (χ4n) is 1.53. The monoisotopic (exact) mass is 202 g/mol. The lowest BCUT2D eigenvalue weighted by Crippen LogP contribution is -2.17. The van der Waals surface area contributed by atoms with Crippen molar-refractivity contribution in [2.75, 3.05) is 0 Å². The largest absolute Gasteiger partial charge is 0.432 e. The third-order valence-corrected chi connectivity index (χ3v) is 2.43. The van der Waals surface area contributed by atoms with E-state index in [-0.39, 0.29) is 5.76 Å². The van der Waals surface area contributed by atoms with Gasteiger partial charge < -0.3 is 4.42 Å². The Morgan fingerprint density at radius 2 is 2.00 bits per heavy atom. The van der Waals surface area contributed by atoms with Crippen molar-refractivity contribution < 1.29 is 13.2 Å². The molecule has 0 spiro atoms. The van der Waals surface area contributed by atoms with E-state index in [2.05, 4.69) is 6.92 Å². The Bertz CT molecular complexity index is 302. The van der Waals surface area contributed by atoms with E-state index in [1.165, 1.54) is 0 Å². The second-order valence-corrected chi connectivity index (χ2v) is 4.22. The molecule has 0 radical (unpaired) electrons. The van der Waals surface area contributed by atoms with Gasteiger partial charge in [0.2, 0.25) is 0 Å². The Hall–Kier alpha value is -0.860. The lowest BCUT2D eigenvalue weighted by molar-refractivity contribution is 0.275. The van der Waals surface area contributed by atoms with Crippen molar-refractivity contribution in [2.24, 2.45) is 0 Å². The highest BCUT2D eigenvalue weighted by Crippen LogP contribution is 2.32. The van der Waals surface area contributed by atoms with E-state index < -0.39 is 17.2 Å². The summed E-state index contributed by atoms with van der Waals surface area (Å²) in [5, 5.41) is 0. The first-order valence-electron chi connectivity index (χ1n) is 4.92. The van der Waals surface area contributed by atoms with Gasteiger partial charge in [-0.1, -0.05) is 33.6 Å². The summed E-state index contributed by atoms with van der Waals surface area (Å²) in [5.41, 5.74) is -0.426. The summed E-state index contributed by atoms with van der Waals surface area (Å²) in [6, 6.07) is -0.0506. The van der Waals surface area contributed by atoms with E-state index in [1.54, 1.807) is 0 Å². The van der Waals surface area contributed by atoms with E-state index in [4.69, 9.17) is 4.42 Å². The van der Waals surface area contributed by atoms with Crippen molar-refractivity contribution in [2.45, 2.75) is 45.4 Å². The molecule has 1 aromatic rings. The van der Waals surface area contributed by atoms with Gasteiger partial charge >= 0.3 is 0 Å². The molecule has 0 aliphatic carbocycles. The van der Waals surface area contributed by atoms with Gasteiger partial charge in [0.25, 0.3) is 6.01 Å². The molecule has 0 atom stereocenters. The van der Waals surface area contributed by atoms with E-state index >= 15 is 0 Å². The number of furan rings is 1. The van der Waals surface area contributed by atoms with E-state index in [9.17, 15) is 8.78 Å². The van der Waals surface area contributed by atoms with Crippen molar-refractivity contribution in [3.8, 4) is 0 Å². The molecule has 0 N–H and O–H groups in total. The van der Waals surface area contributed by atoms with Gasteiger partial charge in [-0.15, -0.1) is 0 Å².